The molecule has 0 N–H and O–H groups in total. The van der Waals surface area contributed by atoms with Crippen molar-refractivity contribution in [2.45, 2.75) is 0 Å². The molecule has 0 aliphatic heterocycles. The molecule has 0 bridgehead atoms. The summed E-state index contributed by atoms with van der Waals surface area (Å²) >= 11 is 0. The van der Waals surface area contributed by atoms with Gasteiger partial charge in [0.2, 0.25) is 0 Å². The molecule has 0 fully saturated rings. The van der Waals surface area contributed by atoms with Crippen LogP contribution in [0.4, 0.5) is 0 Å². The number of aromatic nitrogens is 1. The van der Waals surface area contributed by atoms with Gasteiger partial charge in [-0.2, -0.15) is 0 Å². The van der Waals surface area contributed by atoms with Gasteiger partial charge in [-0.05, 0) is 12.1 Å². The van der Waals surface area contributed by atoms with Crippen molar-refractivity contribution in [2.75, 3.05) is 0 Å². The standard InChI is InChI=1S/C12H9NO/c14-9-10-6-7-12(13-8-10)11-4-2-1-3-5-11/h1-9H. The Kier molecular flexibility index (Phi) is 2.36. The number of carbonyl (C=O) groups excluding carboxylic acids is 1. The molecule has 0 saturated heterocycles. The summed E-state index contributed by atoms with van der Waals surface area (Å²) in [6.07, 6.45) is 2.37. The first-order chi connectivity index (χ1) is 6.90. The van der Waals surface area contributed by atoms with Gasteiger partial charge in [0.15, 0.2) is 6.29 Å². The predicted octanol–water partition coefficient (Wildman–Crippen LogP) is 2.56. The quantitative estimate of drug-likeness (QED) is 0.670. The molecule has 2 nitrogen and oxygen atoms in total. The first kappa shape index (κ1) is 8.63. The third kappa shape index (κ3) is 1.69. The van der Waals surface area contributed by atoms with Crippen molar-refractivity contribution in [1.29, 1.82) is 0 Å². The van der Waals surface area contributed by atoms with E-state index in [0.29, 0.717) is 5.56 Å². The summed E-state index contributed by atoms with van der Waals surface area (Å²) in [6.45, 7) is 0. The lowest BCUT2D eigenvalue weighted by atomic mass is 10.1. The van der Waals surface area contributed by atoms with Crippen molar-refractivity contribution in [2.24, 2.45) is 0 Å². The molecule has 1 aromatic carbocycles. The Morgan fingerprint density at radius 1 is 1.00 bits per heavy atom. The number of hydrogen-bond acceptors (Lipinski definition) is 2. The summed E-state index contributed by atoms with van der Waals surface area (Å²) in [5.41, 5.74) is 2.55. The molecule has 1 aromatic heterocycles. The lowest BCUT2D eigenvalue weighted by Crippen LogP contribution is -1.85. The number of nitrogens with zero attached hydrogens (tertiary/aromatic N) is 1. The summed E-state index contributed by atoms with van der Waals surface area (Å²) in [5, 5.41) is 0. The third-order valence-electron chi connectivity index (χ3n) is 1.99. The summed E-state index contributed by atoms with van der Waals surface area (Å²) in [4.78, 5) is 14.6. The number of pyridine rings is 1. The maximum atomic E-state index is 10.4. The minimum atomic E-state index is 0.602. The van der Waals surface area contributed by atoms with Gasteiger partial charge >= 0.3 is 0 Å². The molecule has 1 heterocycles. The highest BCUT2D eigenvalue weighted by atomic mass is 16.1. The van der Waals surface area contributed by atoms with Crippen LogP contribution in [0.15, 0.2) is 48.7 Å². The molecule has 0 spiro atoms. The molecule has 0 saturated carbocycles. The summed E-state index contributed by atoms with van der Waals surface area (Å²) in [7, 11) is 0. The van der Waals surface area contributed by atoms with E-state index in [0.717, 1.165) is 17.5 Å². The maximum Gasteiger partial charge on any atom is 0.151 e. The minimum Gasteiger partial charge on any atom is -0.298 e. The van der Waals surface area contributed by atoms with Crippen LogP contribution in [-0.2, 0) is 0 Å². The second-order valence-corrected chi connectivity index (χ2v) is 2.96. The average Bonchev–Trinajstić information content (AvgIpc) is 2.30. The summed E-state index contributed by atoms with van der Waals surface area (Å²) in [6, 6.07) is 13.5. The van der Waals surface area contributed by atoms with E-state index in [1.165, 1.54) is 0 Å². The highest BCUT2D eigenvalue weighted by molar-refractivity contribution is 5.75. The zero-order chi connectivity index (χ0) is 9.80. The Labute approximate surface area is 82.2 Å². The molecule has 68 valence electrons. The molecule has 0 atom stereocenters. The van der Waals surface area contributed by atoms with Crippen molar-refractivity contribution >= 4 is 6.29 Å². The van der Waals surface area contributed by atoms with Gasteiger partial charge in [0.1, 0.15) is 0 Å². The molecule has 14 heavy (non-hydrogen) atoms. The summed E-state index contributed by atoms with van der Waals surface area (Å²) < 4.78 is 0. The zero-order valence-electron chi connectivity index (χ0n) is 7.55. The molecule has 2 heteroatoms. The monoisotopic (exact) mass is 183 g/mol. The van der Waals surface area contributed by atoms with E-state index in [-0.39, 0.29) is 0 Å². The van der Waals surface area contributed by atoms with Gasteiger partial charge < -0.3 is 0 Å². The van der Waals surface area contributed by atoms with Gasteiger partial charge in [-0.3, -0.25) is 9.78 Å². The molecule has 2 aromatic rings. The van der Waals surface area contributed by atoms with Gasteiger partial charge in [-0.25, -0.2) is 0 Å². The fourth-order valence-corrected chi connectivity index (χ4v) is 1.25. The van der Waals surface area contributed by atoms with Gasteiger partial charge in [-0.15, -0.1) is 0 Å². The highest BCUT2D eigenvalue weighted by Crippen LogP contribution is 2.15. The van der Waals surface area contributed by atoms with Crippen LogP contribution in [-0.4, -0.2) is 11.3 Å². The Morgan fingerprint density at radius 2 is 1.79 bits per heavy atom. The number of hydrogen-bond donors (Lipinski definition) is 0. The van der Waals surface area contributed by atoms with Crippen molar-refractivity contribution in [3.05, 3.63) is 54.2 Å². The van der Waals surface area contributed by atoms with Crippen LogP contribution in [0.5, 0.6) is 0 Å². The lowest BCUT2D eigenvalue weighted by molar-refractivity contribution is 0.112. The first-order valence-corrected chi connectivity index (χ1v) is 4.37. The van der Waals surface area contributed by atoms with Crippen LogP contribution in [0.1, 0.15) is 10.4 Å². The predicted molar refractivity (Wildman–Crippen MR) is 55.1 cm³/mol. The Balaban J connectivity index is 2.39. The minimum absolute atomic E-state index is 0.602. The molecule has 2 rings (SSSR count). The molecular weight excluding hydrogens is 174 g/mol. The number of benzene rings is 1. The molecule has 0 radical (unpaired) electrons. The topological polar surface area (TPSA) is 30.0 Å². The zero-order valence-corrected chi connectivity index (χ0v) is 7.55. The number of rotatable bonds is 2. The highest BCUT2D eigenvalue weighted by Gasteiger charge is 1.97. The van der Waals surface area contributed by atoms with Crippen molar-refractivity contribution in [3.63, 3.8) is 0 Å². The number of aldehydes is 1. The van der Waals surface area contributed by atoms with Gasteiger partial charge in [0, 0.05) is 17.3 Å². The van der Waals surface area contributed by atoms with E-state index in [1.807, 2.05) is 36.4 Å². The Morgan fingerprint density at radius 3 is 2.36 bits per heavy atom. The van der Waals surface area contributed by atoms with E-state index >= 15 is 0 Å². The van der Waals surface area contributed by atoms with E-state index in [1.54, 1.807) is 12.3 Å². The van der Waals surface area contributed by atoms with E-state index in [4.69, 9.17) is 0 Å². The summed E-state index contributed by atoms with van der Waals surface area (Å²) in [5.74, 6) is 0. The van der Waals surface area contributed by atoms with Crippen LogP contribution in [0.25, 0.3) is 11.3 Å². The normalized spacial score (nSPS) is 9.71. The maximum absolute atomic E-state index is 10.4. The fourth-order valence-electron chi connectivity index (χ4n) is 1.25. The van der Waals surface area contributed by atoms with Gasteiger partial charge in [0.05, 0.1) is 5.69 Å². The largest absolute Gasteiger partial charge is 0.298 e. The fraction of sp³-hybridized carbons (Fsp3) is 0. The van der Waals surface area contributed by atoms with E-state index in [2.05, 4.69) is 4.98 Å². The van der Waals surface area contributed by atoms with Crippen molar-refractivity contribution < 1.29 is 4.79 Å². The Bertz CT molecular complexity index is 420. The van der Waals surface area contributed by atoms with Crippen LogP contribution >= 0.6 is 0 Å². The van der Waals surface area contributed by atoms with Crippen LogP contribution in [0, 0.1) is 0 Å². The van der Waals surface area contributed by atoms with Crippen LogP contribution in [0.3, 0.4) is 0 Å². The first-order valence-electron chi connectivity index (χ1n) is 4.37. The van der Waals surface area contributed by atoms with Crippen molar-refractivity contribution in [3.8, 4) is 11.3 Å². The molecule has 0 amide bonds. The third-order valence-corrected chi connectivity index (χ3v) is 1.99. The van der Waals surface area contributed by atoms with Gasteiger partial charge in [0.25, 0.3) is 0 Å². The Hall–Kier alpha value is -1.96. The SMILES string of the molecule is O=Cc1ccc(-c2ccccc2)nc1. The average molecular weight is 183 g/mol. The van der Waals surface area contributed by atoms with E-state index in [9.17, 15) is 4.79 Å². The lowest BCUT2D eigenvalue weighted by Gasteiger charge is -1.99. The number of carbonyl (C=O) groups is 1. The second kappa shape index (κ2) is 3.83. The van der Waals surface area contributed by atoms with Gasteiger partial charge in [-0.1, -0.05) is 30.3 Å². The van der Waals surface area contributed by atoms with Crippen LogP contribution < -0.4 is 0 Å². The molecular formula is C12H9NO. The molecule has 0 aliphatic rings. The smallest absolute Gasteiger partial charge is 0.151 e. The van der Waals surface area contributed by atoms with Crippen LogP contribution in [0.2, 0.25) is 0 Å². The van der Waals surface area contributed by atoms with Crippen molar-refractivity contribution in [1.82, 2.24) is 4.98 Å². The second-order valence-electron chi connectivity index (χ2n) is 2.96. The van der Waals surface area contributed by atoms with E-state index < -0.39 is 0 Å². The molecule has 0 aliphatic carbocycles. The molecule has 0 unspecified atom stereocenters.